The van der Waals surface area contributed by atoms with Gasteiger partial charge in [-0.05, 0) is 66.3 Å². The van der Waals surface area contributed by atoms with Crippen LogP contribution in [0.15, 0.2) is 60.9 Å². The van der Waals surface area contributed by atoms with Crippen LogP contribution in [0.3, 0.4) is 0 Å². The van der Waals surface area contributed by atoms with Gasteiger partial charge in [-0.3, -0.25) is 0 Å². The number of nitrogens with zero attached hydrogens (tertiary/aromatic N) is 2. The topological polar surface area (TPSA) is 35.0 Å². The Balaban J connectivity index is 1.23. The smallest absolute Gasteiger partial charge is 0.159 e. The number of aromatic nitrogens is 2. The lowest BCUT2D eigenvalue weighted by molar-refractivity contribution is 0.190. The zero-order valence-electron chi connectivity index (χ0n) is 23.1. The largest absolute Gasteiger partial charge is 0.494 e. The van der Waals surface area contributed by atoms with E-state index in [0.29, 0.717) is 0 Å². The molecule has 1 aromatic heterocycles. The summed E-state index contributed by atoms with van der Waals surface area (Å²) in [4.78, 5) is 9.15. The van der Waals surface area contributed by atoms with Crippen molar-refractivity contribution in [2.75, 3.05) is 6.61 Å². The first-order valence-electron chi connectivity index (χ1n) is 14.9. The van der Waals surface area contributed by atoms with E-state index < -0.39 is 0 Å². The van der Waals surface area contributed by atoms with E-state index in [1.54, 1.807) is 0 Å². The molecule has 0 N–H and O–H groups in total. The van der Waals surface area contributed by atoms with Gasteiger partial charge in [0.15, 0.2) is 5.82 Å². The fraction of sp³-hybridized carbons (Fsp3) is 0.529. The van der Waals surface area contributed by atoms with Crippen molar-refractivity contribution >= 4 is 0 Å². The maximum atomic E-state index is 6.12. The van der Waals surface area contributed by atoms with Gasteiger partial charge in [-0.25, -0.2) is 9.97 Å². The first kappa shape index (κ1) is 27.4. The normalized spacial score (nSPS) is 17.6. The Morgan fingerprint density at radius 3 is 1.86 bits per heavy atom. The third-order valence-electron chi connectivity index (χ3n) is 8.09. The zero-order chi connectivity index (χ0) is 25.7. The summed E-state index contributed by atoms with van der Waals surface area (Å²) in [6.07, 6.45) is 21.2. The van der Waals surface area contributed by atoms with Gasteiger partial charge in [0.2, 0.25) is 0 Å². The van der Waals surface area contributed by atoms with Crippen LogP contribution in [-0.4, -0.2) is 16.6 Å². The van der Waals surface area contributed by atoms with E-state index in [2.05, 4.69) is 72.3 Å². The van der Waals surface area contributed by atoms with Gasteiger partial charge in [0.05, 0.1) is 6.61 Å². The highest BCUT2D eigenvalue weighted by Gasteiger charge is 2.24. The predicted octanol–water partition coefficient (Wildman–Crippen LogP) is 9.70. The molecule has 3 aromatic rings. The van der Waals surface area contributed by atoms with Crippen LogP contribution in [0.2, 0.25) is 0 Å². The van der Waals surface area contributed by atoms with Crippen molar-refractivity contribution in [3.05, 3.63) is 66.5 Å². The second-order valence-electron chi connectivity index (χ2n) is 10.9. The molecule has 37 heavy (non-hydrogen) atoms. The fourth-order valence-electron chi connectivity index (χ4n) is 5.81. The highest BCUT2D eigenvalue weighted by molar-refractivity contribution is 5.68. The second-order valence-corrected chi connectivity index (χ2v) is 10.9. The van der Waals surface area contributed by atoms with Crippen LogP contribution in [0.5, 0.6) is 5.75 Å². The zero-order valence-corrected chi connectivity index (χ0v) is 23.1. The monoisotopic (exact) mass is 498 g/mol. The maximum Gasteiger partial charge on any atom is 0.159 e. The second kappa shape index (κ2) is 14.9. The highest BCUT2D eigenvalue weighted by Crippen LogP contribution is 2.36. The molecule has 0 bridgehead atoms. The molecule has 1 aliphatic carbocycles. The van der Waals surface area contributed by atoms with Crippen molar-refractivity contribution in [3.63, 3.8) is 0 Å². The SMILES string of the molecule is CCCCCC1CCCCC1CCCOc1ccc(-c2ccc(-c3ncc(CCCC)cn3)cc2)cc1. The lowest BCUT2D eigenvalue weighted by Crippen LogP contribution is -2.20. The quantitative estimate of drug-likeness (QED) is 0.207. The lowest BCUT2D eigenvalue weighted by atomic mass is 9.74. The van der Waals surface area contributed by atoms with Crippen molar-refractivity contribution in [1.29, 1.82) is 0 Å². The van der Waals surface area contributed by atoms with Gasteiger partial charge in [-0.15, -0.1) is 0 Å². The number of unbranched alkanes of at least 4 members (excludes halogenated alkanes) is 3. The molecule has 0 amide bonds. The van der Waals surface area contributed by atoms with E-state index in [9.17, 15) is 0 Å². The molecule has 4 rings (SSSR count). The van der Waals surface area contributed by atoms with Crippen molar-refractivity contribution in [2.24, 2.45) is 11.8 Å². The molecule has 1 saturated carbocycles. The van der Waals surface area contributed by atoms with Crippen LogP contribution >= 0.6 is 0 Å². The molecule has 1 heterocycles. The van der Waals surface area contributed by atoms with Crippen molar-refractivity contribution in [1.82, 2.24) is 9.97 Å². The van der Waals surface area contributed by atoms with Crippen molar-refractivity contribution < 1.29 is 4.74 Å². The van der Waals surface area contributed by atoms with Crippen LogP contribution in [0.1, 0.15) is 96.5 Å². The number of ether oxygens (including phenoxy) is 1. The van der Waals surface area contributed by atoms with E-state index in [0.717, 1.165) is 42.0 Å². The van der Waals surface area contributed by atoms with E-state index in [1.807, 2.05) is 12.4 Å². The Bertz CT molecular complexity index is 1030. The average Bonchev–Trinajstić information content (AvgIpc) is 2.96. The van der Waals surface area contributed by atoms with E-state index in [4.69, 9.17) is 4.74 Å². The molecule has 3 heteroatoms. The van der Waals surface area contributed by atoms with Gasteiger partial charge in [0.1, 0.15) is 5.75 Å². The van der Waals surface area contributed by atoms with Crippen molar-refractivity contribution in [3.8, 4) is 28.3 Å². The van der Waals surface area contributed by atoms with E-state index >= 15 is 0 Å². The summed E-state index contributed by atoms with van der Waals surface area (Å²) in [5.41, 5.74) is 4.66. The molecule has 0 saturated heterocycles. The summed E-state index contributed by atoms with van der Waals surface area (Å²) in [6.45, 7) is 5.34. The standard InChI is InChI=1S/C34H46N2O/c1-3-5-7-12-28-13-8-9-14-29(28)15-10-24-37-33-22-20-31(21-23-33)30-16-18-32(19-17-30)34-35-25-27(26-36-34)11-6-4-2/h16-23,25-26,28-29H,3-15,24H2,1-2H3. The Kier molecular flexibility index (Phi) is 11.0. The fourth-order valence-corrected chi connectivity index (χ4v) is 5.81. The molecule has 2 atom stereocenters. The average molecular weight is 499 g/mol. The Morgan fingerprint density at radius 2 is 1.24 bits per heavy atom. The summed E-state index contributed by atoms with van der Waals surface area (Å²) < 4.78 is 6.12. The number of benzene rings is 2. The van der Waals surface area contributed by atoms with Crippen LogP contribution in [0.4, 0.5) is 0 Å². The molecule has 198 valence electrons. The van der Waals surface area contributed by atoms with Gasteiger partial charge in [0.25, 0.3) is 0 Å². The molecule has 1 aliphatic rings. The Morgan fingerprint density at radius 1 is 0.676 bits per heavy atom. The summed E-state index contributed by atoms with van der Waals surface area (Å²) in [7, 11) is 0. The van der Waals surface area contributed by atoms with Gasteiger partial charge in [-0.2, -0.15) is 0 Å². The summed E-state index contributed by atoms with van der Waals surface area (Å²) in [6, 6.07) is 17.1. The molecule has 2 unspecified atom stereocenters. The molecule has 3 nitrogen and oxygen atoms in total. The van der Waals surface area contributed by atoms with Gasteiger partial charge >= 0.3 is 0 Å². The van der Waals surface area contributed by atoms with Crippen LogP contribution in [0, 0.1) is 11.8 Å². The molecule has 1 fully saturated rings. The third kappa shape index (κ3) is 8.42. The number of hydrogen-bond donors (Lipinski definition) is 0. The van der Waals surface area contributed by atoms with Crippen LogP contribution in [-0.2, 0) is 6.42 Å². The minimum absolute atomic E-state index is 0.788. The summed E-state index contributed by atoms with van der Waals surface area (Å²) >= 11 is 0. The van der Waals surface area contributed by atoms with Gasteiger partial charge in [0, 0.05) is 18.0 Å². The third-order valence-corrected chi connectivity index (χ3v) is 8.09. The molecule has 0 radical (unpaired) electrons. The first-order valence-corrected chi connectivity index (χ1v) is 14.9. The molecule has 2 aromatic carbocycles. The van der Waals surface area contributed by atoms with Gasteiger partial charge in [-0.1, -0.05) is 108 Å². The predicted molar refractivity (Wildman–Crippen MR) is 156 cm³/mol. The summed E-state index contributed by atoms with van der Waals surface area (Å²) in [5.74, 6) is 3.64. The molecular weight excluding hydrogens is 452 g/mol. The van der Waals surface area contributed by atoms with Crippen molar-refractivity contribution in [2.45, 2.75) is 97.3 Å². The lowest BCUT2D eigenvalue weighted by Gasteiger charge is -2.31. The highest BCUT2D eigenvalue weighted by atomic mass is 16.5. The van der Waals surface area contributed by atoms with Crippen LogP contribution < -0.4 is 4.74 Å². The number of hydrogen-bond acceptors (Lipinski definition) is 3. The van der Waals surface area contributed by atoms with Gasteiger partial charge < -0.3 is 4.74 Å². The molecule has 0 aliphatic heterocycles. The first-order chi connectivity index (χ1) is 18.3. The number of aryl methyl sites for hydroxylation is 1. The molecule has 0 spiro atoms. The Hall–Kier alpha value is -2.68. The maximum absolute atomic E-state index is 6.12. The molecular formula is C34H46N2O. The minimum Gasteiger partial charge on any atom is -0.494 e. The number of rotatable bonds is 14. The van der Waals surface area contributed by atoms with E-state index in [1.165, 1.54) is 93.7 Å². The van der Waals surface area contributed by atoms with E-state index in [-0.39, 0.29) is 0 Å². The minimum atomic E-state index is 0.788. The summed E-state index contributed by atoms with van der Waals surface area (Å²) in [5, 5.41) is 0. The van der Waals surface area contributed by atoms with Crippen LogP contribution in [0.25, 0.3) is 22.5 Å². The Labute approximate surface area is 225 Å².